The van der Waals surface area contributed by atoms with Crippen molar-refractivity contribution in [2.75, 3.05) is 9.53 Å². The fourth-order valence-electron chi connectivity index (χ4n) is 6.76. The predicted molar refractivity (Wildman–Crippen MR) is 195 cm³/mol. The van der Waals surface area contributed by atoms with E-state index in [1.165, 1.54) is 0 Å². The molecule has 0 N–H and O–H groups in total. The average Bonchev–Trinajstić information content (AvgIpc) is 3.16. The van der Waals surface area contributed by atoms with Gasteiger partial charge in [-0.05, 0) is 47.6 Å². The molecular weight excluding hydrogens is 558 g/mol. The summed E-state index contributed by atoms with van der Waals surface area (Å²) in [6.07, 6.45) is 2.15. The van der Waals surface area contributed by atoms with Crippen molar-refractivity contribution in [3.63, 3.8) is 0 Å². The van der Waals surface area contributed by atoms with Crippen molar-refractivity contribution < 1.29 is 13.0 Å². The third-order valence-corrected chi connectivity index (χ3v) is 8.92. The number of fused-ring (bicyclic) bond motifs is 2. The van der Waals surface area contributed by atoms with E-state index in [0.29, 0.717) is 5.56 Å². The molecule has 46 heavy (non-hydrogen) atoms. The zero-order chi connectivity index (χ0) is 36.1. The Morgan fingerprint density at radius 1 is 0.609 bits per heavy atom. The van der Waals surface area contributed by atoms with E-state index in [-0.39, 0.29) is 36.5 Å². The topological polar surface area (TPSA) is 15.7 Å². The first kappa shape index (κ1) is 22.2. The Kier molecular flexibility index (Phi) is 5.54. The van der Waals surface area contributed by atoms with Crippen LogP contribution in [0.5, 0.6) is 11.5 Å². The van der Waals surface area contributed by atoms with E-state index in [1.54, 1.807) is 36.4 Å². The molecule has 0 aliphatic carbocycles. The zero-order valence-corrected chi connectivity index (χ0v) is 25.1. The fraction of sp³-hybridized carbons (Fsp3) is 0.0732. The standard InChI is InChI=1S/C41H34B2N2O/c1-41(2)37-25-12-13-27-39(37)46-40-36(24-15-26-38(40)41)31-16-14-19-33(30-31)43-44(34-20-8-4-9-21-34)29-28-42(32-17-6-3-7-18-32)45(43)35-22-10-5-11-23-35/h3-30H,1-2H3/i1D3,2D3. The van der Waals surface area contributed by atoms with Crippen LogP contribution in [-0.2, 0) is 5.41 Å². The van der Waals surface area contributed by atoms with Crippen LogP contribution in [0.25, 0.3) is 11.1 Å². The largest absolute Gasteiger partial charge is 0.456 e. The zero-order valence-electron chi connectivity index (χ0n) is 31.1. The smallest absolute Gasteiger partial charge is 0.403 e. The summed E-state index contributed by atoms with van der Waals surface area (Å²) in [6.45, 7) is -6.24. The van der Waals surface area contributed by atoms with Gasteiger partial charge >= 0.3 is 13.8 Å². The minimum absolute atomic E-state index is 0.0966. The number of nitrogens with zero attached hydrogens (tertiary/aromatic N) is 2. The highest BCUT2D eigenvalue weighted by molar-refractivity contribution is 6.99. The molecule has 0 aromatic heterocycles. The highest BCUT2D eigenvalue weighted by Gasteiger charge is 2.42. The van der Waals surface area contributed by atoms with Crippen LogP contribution in [0.3, 0.4) is 0 Å². The van der Waals surface area contributed by atoms with Crippen molar-refractivity contribution in [1.29, 1.82) is 0 Å². The van der Waals surface area contributed by atoms with Gasteiger partial charge in [-0.25, -0.2) is 0 Å². The number of hydrogen-bond donors (Lipinski definition) is 0. The first-order valence-corrected chi connectivity index (χ1v) is 15.5. The Hall–Kier alpha value is -5.41. The van der Waals surface area contributed by atoms with Gasteiger partial charge in [0.05, 0.1) is 0 Å². The molecule has 0 saturated heterocycles. The third-order valence-electron chi connectivity index (χ3n) is 8.92. The van der Waals surface area contributed by atoms with Gasteiger partial charge in [-0.3, -0.25) is 0 Å². The Bertz CT molecular complexity index is 2230. The van der Waals surface area contributed by atoms with E-state index in [2.05, 4.69) is 82.4 Å². The number of anilines is 2. The van der Waals surface area contributed by atoms with Crippen LogP contribution in [0.15, 0.2) is 170 Å². The lowest BCUT2D eigenvalue weighted by atomic mass is 9.43. The van der Waals surface area contributed by atoms with Crippen LogP contribution in [0, 0.1) is 0 Å². The Balaban J connectivity index is 1.34. The monoisotopic (exact) mass is 598 g/mol. The highest BCUT2D eigenvalue weighted by Crippen LogP contribution is 2.51. The molecule has 0 bridgehead atoms. The number of hydrogen-bond acceptors (Lipinski definition) is 3. The van der Waals surface area contributed by atoms with Crippen LogP contribution in [0.2, 0.25) is 0 Å². The normalized spacial score (nSPS) is 17.3. The van der Waals surface area contributed by atoms with Crippen molar-refractivity contribution >= 4 is 36.1 Å². The maximum Gasteiger partial charge on any atom is 0.403 e. The van der Waals surface area contributed by atoms with Crippen molar-refractivity contribution in [2.24, 2.45) is 0 Å². The minimum Gasteiger partial charge on any atom is -0.456 e. The van der Waals surface area contributed by atoms with E-state index < -0.39 is 19.1 Å². The van der Waals surface area contributed by atoms with Gasteiger partial charge in [-0.2, -0.15) is 0 Å². The quantitative estimate of drug-likeness (QED) is 0.185. The van der Waals surface area contributed by atoms with Crippen LogP contribution in [0.4, 0.5) is 11.4 Å². The maximum absolute atomic E-state index is 8.73. The number of rotatable bonds is 5. The Morgan fingerprint density at radius 2 is 1.24 bits per heavy atom. The van der Waals surface area contributed by atoms with E-state index in [4.69, 9.17) is 13.0 Å². The first-order chi connectivity index (χ1) is 25.1. The molecule has 0 amide bonds. The number of para-hydroxylation sites is 4. The predicted octanol–water partition coefficient (Wildman–Crippen LogP) is 8.46. The summed E-state index contributed by atoms with van der Waals surface area (Å²) < 4.78 is 61.3. The van der Waals surface area contributed by atoms with Crippen molar-refractivity contribution in [3.05, 3.63) is 181 Å². The molecule has 2 aliphatic rings. The van der Waals surface area contributed by atoms with Gasteiger partial charge in [-0.1, -0.05) is 153 Å². The Labute approximate surface area is 281 Å². The third kappa shape index (κ3) is 4.80. The second kappa shape index (κ2) is 11.5. The molecule has 220 valence electrons. The molecule has 6 aromatic carbocycles. The first-order valence-electron chi connectivity index (χ1n) is 18.5. The van der Waals surface area contributed by atoms with Crippen LogP contribution >= 0.6 is 0 Å². The summed E-state index contributed by atoms with van der Waals surface area (Å²) in [5, 5.41) is 0. The fourth-order valence-corrected chi connectivity index (χ4v) is 6.76. The average molecular weight is 598 g/mol. The van der Waals surface area contributed by atoms with Gasteiger partial charge in [0.25, 0.3) is 0 Å². The van der Waals surface area contributed by atoms with Crippen LogP contribution in [-0.4, -0.2) is 13.8 Å². The SMILES string of the molecule is [2H]C([2H])([2H])C1(C([2H])([2H])[2H])c2ccccc2Oc2c(-c3cccc(B4N(c5ccccc5)C=CB(c5ccccc5)N4c4ccccc4)c3)cccc21. The molecule has 0 unspecified atom stereocenters. The molecule has 0 fully saturated rings. The number of benzene rings is 6. The molecule has 5 heteroatoms. The molecule has 2 aliphatic heterocycles. The molecule has 0 saturated carbocycles. The molecule has 0 radical (unpaired) electrons. The lowest BCUT2D eigenvalue weighted by molar-refractivity contribution is 0.419. The molecule has 6 aromatic rings. The minimum atomic E-state index is -2.92. The van der Waals surface area contributed by atoms with Crippen LogP contribution in [0.1, 0.15) is 33.1 Å². The highest BCUT2D eigenvalue weighted by atomic mass is 16.5. The van der Waals surface area contributed by atoms with Crippen molar-refractivity contribution in [3.8, 4) is 22.6 Å². The molecule has 3 nitrogen and oxygen atoms in total. The summed E-state index contributed by atoms with van der Waals surface area (Å²) in [7, 11) is 0. The molecule has 8 rings (SSSR count). The van der Waals surface area contributed by atoms with E-state index in [9.17, 15) is 0 Å². The Morgan fingerprint density at radius 3 is 2.00 bits per heavy atom. The van der Waals surface area contributed by atoms with Crippen LogP contribution < -0.4 is 25.2 Å². The van der Waals surface area contributed by atoms with Gasteiger partial charge in [0.1, 0.15) is 11.5 Å². The lowest BCUT2D eigenvalue weighted by Gasteiger charge is -2.44. The summed E-state index contributed by atoms with van der Waals surface area (Å²) in [6, 6.07) is 50.9. The van der Waals surface area contributed by atoms with Crippen molar-refractivity contribution in [2.45, 2.75) is 19.1 Å². The molecule has 2 heterocycles. The number of ether oxygens (including phenoxy) is 1. The van der Waals surface area contributed by atoms with Gasteiger partial charge < -0.3 is 14.3 Å². The lowest BCUT2D eigenvalue weighted by Crippen LogP contribution is -2.68. The molecule has 0 atom stereocenters. The second-order valence-corrected chi connectivity index (χ2v) is 11.7. The summed E-state index contributed by atoms with van der Waals surface area (Å²) >= 11 is 0. The van der Waals surface area contributed by atoms with Gasteiger partial charge in [0.15, 0.2) is 0 Å². The van der Waals surface area contributed by atoms with Gasteiger partial charge in [0.2, 0.25) is 0 Å². The van der Waals surface area contributed by atoms with E-state index in [0.717, 1.165) is 27.9 Å². The summed E-state index contributed by atoms with van der Waals surface area (Å²) in [5.41, 5.74) is 3.49. The summed E-state index contributed by atoms with van der Waals surface area (Å²) in [5.74, 6) is 2.67. The molecular formula is C41H34B2N2O. The van der Waals surface area contributed by atoms with Gasteiger partial charge in [-0.15, -0.1) is 0 Å². The van der Waals surface area contributed by atoms with Crippen molar-refractivity contribution in [1.82, 2.24) is 0 Å². The molecule has 0 spiro atoms. The second-order valence-electron chi connectivity index (χ2n) is 11.7. The summed E-state index contributed by atoms with van der Waals surface area (Å²) in [4.78, 5) is 2.26. The maximum atomic E-state index is 8.73. The van der Waals surface area contributed by atoms with E-state index in [1.807, 2.05) is 60.7 Å². The van der Waals surface area contributed by atoms with E-state index >= 15 is 0 Å². The van der Waals surface area contributed by atoms with Gasteiger partial charge in [0, 0.05) is 41.7 Å².